The van der Waals surface area contributed by atoms with E-state index in [1.54, 1.807) is 24.3 Å². The number of carbonyl (C=O) groups is 1. The minimum absolute atomic E-state index is 0.00833. The Labute approximate surface area is 156 Å². The number of carbonyl (C=O) groups excluding carboxylic acids is 1. The van der Waals surface area contributed by atoms with Crippen molar-refractivity contribution in [2.75, 3.05) is 30.4 Å². The summed E-state index contributed by atoms with van der Waals surface area (Å²) < 4.78 is 24.3. The van der Waals surface area contributed by atoms with E-state index >= 15 is 0 Å². The zero-order chi connectivity index (χ0) is 18.4. The lowest BCUT2D eigenvalue weighted by molar-refractivity contribution is -0.114. The van der Waals surface area contributed by atoms with E-state index in [2.05, 4.69) is 10.6 Å². The summed E-state index contributed by atoms with van der Waals surface area (Å²) in [5.74, 6) is 0.0134. The molecule has 2 N–H and O–H groups in total. The molecule has 1 aliphatic heterocycles. The van der Waals surface area contributed by atoms with Gasteiger partial charge in [-0.05, 0) is 55.3 Å². The van der Waals surface area contributed by atoms with Crippen LogP contribution < -0.4 is 15.4 Å². The van der Waals surface area contributed by atoms with Gasteiger partial charge in [0.05, 0.1) is 17.7 Å². The van der Waals surface area contributed by atoms with Crippen LogP contribution in [0.4, 0.5) is 15.8 Å². The maximum Gasteiger partial charge on any atom is 0.243 e. The van der Waals surface area contributed by atoms with Gasteiger partial charge in [-0.1, -0.05) is 11.6 Å². The molecule has 1 fully saturated rings. The number of amides is 1. The van der Waals surface area contributed by atoms with Crippen LogP contribution in [0.5, 0.6) is 5.75 Å². The molecule has 2 aromatic rings. The molecule has 1 heterocycles. The molecule has 1 amide bonds. The molecule has 0 radical (unpaired) electrons. The monoisotopic (exact) mass is 378 g/mol. The Morgan fingerprint density at radius 3 is 2.69 bits per heavy atom. The quantitative estimate of drug-likeness (QED) is 0.762. The van der Waals surface area contributed by atoms with Gasteiger partial charge in [-0.15, -0.1) is 0 Å². The summed E-state index contributed by atoms with van der Waals surface area (Å²) in [7, 11) is 0. The first kappa shape index (κ1) is 18.5. The highest BCUT2D eigenvalue weighted by Gasteiger charge is 2.15. The molecule has 1 aliphatic rings. The van der Waals surface area contributed by atoms with Crippen LogP contribution in [0.2, 0.25) is 5.02 Å². The van der Waals surface area contributed by atoms with E-state index in [0.717, 1.165) is 25.2 Å². The van der Waals surface area contributed by atoms with Crippen LogP contribution in [0.25, 0.3) is 0 Å². The Kier molecular flexibility index (Phi) is 6.30. The van der Waals surface area contributed by atoms with Gasteiger partial charge in [-0.2, -0.15) is 0 Å². The fraction of sp³-hybridized carbons (Fsp3) is 0.316. The third-order valence-corrected chi connectivity index (χ3v) is 4.26. The largest absolute Gasteiger partial charge is 0.491 e. The van der Waals surface area contributed by atoms with Gasteiger partial charge >= 0.3 is 0 Å². The van der Waals surface area contributed by atoms with Crippen LogP contribution in [0, 0.1) is 5.82 Å². The van der Waals surface area contributed by atoms with Crippen LogP contribution >= 0.6 is 11.6 Å². The minimum atomic E-state index is -0.497. The van der Waals surface area contributed by atoms with Crippen molar-refractivity contribution in [1.82, 2.24) is 0 Å². The normalized spacial score (nSPS) is 16.3. The summed E-state index contributed by atoms with van der Waals surface area (Å²) in [5.41, 5.74) is 1.24. The lowest BCUT2D eigenvalue weighted by Crippen LogP contribution is -2.21. The zero-order valence-electron chi connectivity index (χ0n) is 14.1. The van der Waals surface area contributed by atoms with Gasteiger partial charge in [0.2, 0.25) is 5.91 Å². The summed E-state index contributed by atoms with van der Waals surface area (Å²) in [4.78, 5) is 12.0. The number of rotatable bonds is 7. The lowest BCUT2D eigenvalue weighted by atomic mass is 10.2. The van der Waals surface area contributed by atoms with E-state index in [0.29, 0.717) is 18.0 Å². The Morgan fingerprint density at radius 1 is 1.23 bits per heavy atom. The second-order valence-corrected chi connectivity index (χ2v) is 6.41. The maximum atomic E-state index is 13.1. The third kappa shape index (κ3) is 5.34. The van der Waals surface area contributed by atoms with Crippen molar-refractivity contribution in [1.29, 1.82) is 0 Å². The Bertz CT molecular complexity index is 749. The van der Waals surface area contributed by atoms with Gasteiger partial charge in [0, 0.05) is 18.0 Å². The Morgan fingerprint density at radius 2 is 2.00 bits per heavy atom. The summed E-state index contributed by atoms with van der Waals surface area (Å²) in [5, 5.41) is 5.68. The average Bonchev–Trinajstić information content (AvgIpc) is 3.16. The first-order chi connectivity index (χ1) is 12.6. The van der Waals surface area contributed by atoms with Crippen LogP contribution in [0.15, 0.2) is 42.5 Å². The summed E-state index contributed by atoms with van der Waals surface area (Å²) in [6.45, 7) is 1.38. The van der Waals surface area contributed by atoms with E-state index in [4.69, 9.17) is 21.1 Å². The SMILES string of the molecule is O=C(CNc1ccc(F)c(Cl)c1)Nc1ccc(OCC2CCCO2)cc1. The topological polar surface area (TPSA) is 59.6 Å². The minimum Gasteiger partial charge on any atom is -0.491 e. The number of halogens is 2. The van der Waals surface area contributed by atoms with E-state index in [-0.39, 0.29) is 23.6 Å². The molecule has 3 rings (SSSR count). The maximum absolute atomic E-state index is 13.1. The first-order valence-electron chi connectivity index (χ1n) is 8.43. The van der Waals surface area contributed by atoms with E-state index in [1.807, 2.05) is 0 Å². The predicted molar refractivity (Wildman–Crippen MR) is 99.4 cm³/mol. The van der Waals surface area contributed by atoms with Crippen molar-refractivity contribution in [3.8, 4) is 5.75 Å². The number of anilines is 2. The second kappa shape index (κ2) is 8.87. The van der Waals surface area contributed by atoms with Crippen LogP contribution in [0.1, 0.15) is 12.8 Å². The molecule has 1 saturated heterocycles. The number of benzene rings is 2. The summed E-state index contributed by atoms with van der Waals surface area (Å²) >= 11 is 5.71. The summed E-state index contributed by atoms with van der Waals surface area (Å²) in [6.07, 6.45) is 2.28. The Hall–Kier alpha value is -2.31. The lowest BCUT2D eigenvalue weighted by Gasteiger charge is -2.12. The van der Waals surface area contributed by atoms with Gasteiger partial charge in [-0.25, -0.2) is 4.39 Å². The molecule has 138 valence electrons. The molecule has 26 heavy (non-hydrogen) atoms. The first-order valence-corrected chi connectivity index (χ1v) is 8.81. The number of ether oxygens (including phenoxy) is 2. The molecular formula is C19H20ClFN2O3. The fourth-order valence-corrected chi connectivity index (χ4v) is 2.77. The van der Waals surface area contributed by atoms with E-state index < -0.39 is 5.82 Å². The van der Waals surface area contributed by atoms with Gasteiger partial charge in [-0.3, -0.25) is 4.79 Å². The van der Waals surface area contributed by atoms with E-state index in [9.17, 15) is 9.18 Å². The smallest absolute Gasteiger partial charge is 0.243 e. The molecular weight excluding hydrogens is 359 g/mol. The van der Waals surface area contributed by atoms with Crippen molar-refractivity contribution in [2.45, 2.75) is 18.9 Å². The molecule has 2 aromatic carbocycles. The average molecular weight is 379 g/mol. The zero-order valence-corrected chi connectivity index (χ0v) is 14.9. The predicted octanol–water partition coefficient (Wildman–Crippen LogP) is 4.09. The molecule has 1 atom stereocenters. The molecule has 1 unspecified atom stereocenters. The summed E-state index contributed by atoms with van der Waals surface area (Å²) in [6, 6.07) is 11.4. The number of hydrogen-bond acceptors (Lipinski definition) is 4. The molecule has 0 bridgehead atoms. The molecule has 0 saturated carbocycles. The van der Waals surface area contributed by atoms with Gasteiger partial charge in [0.1, 0.15) is 18.2 Å². The highest BCUT2D eigenvalue weighted by molar-refractivity contribution is 6.31. The highest BCUT2D eigenvalue weighted by atomic mass is 35.5. The molecule has 5 nitrogen and oxygen atoms in total. The van der Waals surface area contributed by atoms with Gasteiger partial charge < -0.3 is 20.1 Å². The van der Waals surface area contributed by atoms with Crippen LogP contribution in [0.3, 0.4) is 0 Å². The molecule has 0 aliphatic carbocycles. The van der Waals surface area contributed by atoms with Crippen molar-refractivity contribution < 1.29 is 18.7 Å². The highest BCUT2D eigenvalue weighted by Crippen LogP contribution is 2.20. The van der Waals surface area contributed by atoms with Crippen molar-refractivity contribution >= 4 is 28.9 Å². The molecule has 0 aromatic heterocycles. The standard InChI is InChI=1S/C19H20ClFN2O3/c20-17-10-14(5-8-18(17)21)22-11-19(24)23-13-3-6-15(7-4-13)26-12-16-2-1-9-25-16/h3-8,10,16,22H,1-2,9,11-12H2,(H,23,24). The number of hydrogen-bond donors (Lipinski definition) is 2. The fourth-order valence-electron chi connectivity index (χ4n) is 2.59. The van der Waals surface area contributed by atoms with Crippen molar-refractivity contribution in [2.24, 2.45) is 0 Å². The van der Waals surface area contributed by atoms with Gasteiger partial charge in [0.15, 0.2) is 0 Å². The number of nitrogens with one attached hydrogen (secondary N) is 2. The van der Waals surface area contributed by atoms with Crippen LogP contribution in [-0.4, -0.2) is 31.8 Å². The van der Waals surface area contributed by atoms with Gasteiger partial charge in [0.25, 0.3) is 0 Å². The van der Waals surface area contributed by atoms with Crippen LogP contribution in [-0.2, 0) is 9.53 Å². The second-order valence-electron chi connectivity index (χ2n) is 6.00. The molecule has 0 spiro atoms. The third-order valence-electron chi connectivity index (χ3n) is 3.97. The van der Waals surface area contributed by atoms with Crippen molar-refractivity contribution in [3.05, 3.63) is 53.3 Å². The van der Waals surface area contributed by atoms with Crippen molar-refractivity contribution in [3.63, 3.8) is 0 Å². The molecule has 7 heteroatoms. The van der Waals surface area contributed by atoms with E-state index in [1.165, 1.54) is 18.2 Å². The Balaban J connectivity index is 1.44.